The average Bonchev–Trinajstić information content (AvgIpc) is 1.83. The van der Waals surface area contributed by atoms with Crippen molar-refractivity contribution in [2.75, 3.05) is 0 Å². The molecule has 0 saturated heterocycles. The van der Waals surface area contributed by atoms with Crippen molar-refractivity contribution in [1.82, 2.24) is 4.98 Å². The largest absolute Gasteiger partial charge is 0.419 e. The Morgan fingerprint density at radius 3 is 2.33 bits per heavy atom. The molecule has 1 rings (SSSR count). The number of rotatable bonds is 0. The molecule has 0 unspecified atom stereocenters. The molecule has 0 atom stereocenters. The lowest BCUT2D eigenvalue weighted by Crippen LogP contribution is -2.07. The van der Waals surface area contributed by atoms with Gasteiger partial charge in [0.25, 0.3) is 0 Å². The molecule has 1 aromatic heterocycles. The minimum absolute atomic E-state index is 0.165. The number of pyridine rings is 1. The quantitative estimate of drug-likeness (QED) is 0.515. The molecule has 0 aliphatic rings. The highest BCUT2D eigenvalue weighted by Crippen LogP contribution is 2.33. The summed E-state index contributed by atoms with van der Waals surface area (Å²) in [6.07, 6.45) is -4.34. The minimum Gasteiger partial charge on any atom is -0.234 e. The summed E-state index contributed by atoms with van der Waals surface area (Å²) >= 11 is 4.59. The van der Waals surface area contributed by atoms with E-state index >= 15 is 0 Å². The van der Waals surface area contributed by atoms with Crippen LogP contribution >= 0.6 is 38.5 Å². The zero-order valence-corrected chi connectivity index (χ0v) is 9.24. The van der Waals surface area contributed by atoms with Gasteiger partial charge >= 0.3 is 6.18 Å². The molecule has 6 heteroatoms. The van der Waals surface area contributed by atoms with Crippen LogP contribution in [0.3, 0.4) is 0 Å². The normalized spacial score (nSPS) is 11.8. The molecule has 1 nitrogen and oxygen atoms in total. The van der Waals surface area contributed by atoms with Crippen LogP contribution in [0.5, 0.6) is 0 Å². The van der Waals surface area contributed by atoms with Gasteiger partial charge in [-0.2, -0.15) is 13.2 Å². The fourth-order valence-electron chi connectivity index (χ4n) is 0.624. The standard InChI is InChI=1S/C6H2BrF3IN/c7-5-3(6(8,9)10)1-2-4(11)12-5/h1-2H. The van der Waals surface area contributed by atoms with Gasteiger partial charge in [-0.25, -0.2) is 4.98 Å². The maximum absolute atomic E-state index is 12.1. The van der Waals surface area contributed by atoms with Gasteiger partial charge in [-0.3, -0.25) is 0 Å². The Hall–Kier alpha value is 0.150. The average molecular weight is 352 g/mol. The maximum Gasteiger partial charge on any atom is 0.419 e. The van der Waals surface area contributed by atoms with Gasteiger partial charge in [0, 0.05) is 0 Å². The van der Waals surface area contributed by atoms with Crippen LogP contribution < -0.4 is 0 Å². The van der Waals surface area contributed by atoms with Gasteiger partial charge in [0.2, 0.25) is 0 Å². The van der Waals surface area contributed by atoms with Crippen molar-refractivity contribution in [2.24, 2.45) is 0 Å². The van der Waals surface area contributed by atoms with E-state index in [1.54, 1.807) is 0 Å². The molecule has 0 radical (unpaired) electrons. The highest BCUT2D eigenvalue weighted by molar-refractivity contribution is 14.1. The van der Waals surface area contributed by atoms with Gasteiger partial charge in [0.1, 0.15) is 8.30 Å². The Morgan fingerprint density at radius 2 is 1.92 bits per heavy atom. The van der Waals surface area contributed by atoms with Crippen LogP contribution in [0, 0.1) is 3.70 Å². The van der Waals surface area contributed by atoms with Crippen molar-refractivity contribution >= 4 is 38.5 Å². The lowest BCUT2D eigenvalue weighted by atomic mass is 10.3. The monoisotopic (exact) mass is 351 g/mol. The zero-order valence-electron chi connectivity index (χ0n) is 5.49. The Bertz CT molecular complexity index is 299. The molecule has 0 N–H and O–H groups in total. The highest BCUT2D eigenvalue weighted by atomic mass is 127. The summed E-state index contributed by atoms with van der Waals surface area (Å²) in [7, 11) is 0. The number of nitrogens with zero attached hydrogens (tertiary/aromatic N) is 1. The van der Waals surface area contributed by atoms with Crippen molar-refractivity contribution in [1.29, 1.82) is 0 Å². The fraction of sp³-hybridized carbons (Fsp3) is 0.167. The Morgan fingerprint density at radius 1 is 1.33 bits per heavy atom. The SMILES string of the molecule is FC(F)(F)c1ccc(I)nc1Br. The summed E-state index contributed by atoms with van der Waals surface area (Å²) in [5.41, 5.74) is -0.747. The highest BCUT2D eigenvalue weighted by Gasteiger charge is 2.33. The summed E-state index contributed by atoms with van der Waals surface area (Å²) in [5.74, 6) is 0. The fourth-order valence-corrected chi connectivity index (χ4v) is 1.92. The smallest absolute Gasteiger partial charge is 0.234 e. The first-order valence-electron chi connectivity index (χ1n) is 2.80. The van der Waals surface area contributed by atoms with Crippen molar-refractivity contribution in [3.63, 3.8) is 0 Å². The number of hydrogen-bond acceptors (Lipinski definition) is 1. The second-order valence-electron chi connectivity index (χ2n) is 1.97. The van der Waals surface area contributed by atoms with Gasteiger partial charge in [-0.05, 0) is 50.7 Å². The maximum atomic E-state index is 12.1. The molecule has 0 amide bonds. The molecular formula is C6H2BrF3IN. The van der Waals surface area contributed by atoms with E-state index in [1.165, 1.54) is 6.07 Å². The van der Waals surface area contributed by atoms with Crippen LogP contribution in [0.2, 0.25) is 0 Å². The van der Waals surface area contributed by atoms with E-state index in [4.69, 9.17) is 0 Å². The predicted molar refractivity (Wildman–Crippen MR) is 49.7 cm³/mol. The summed E-state index contributed by atoms with van der Waals surface area (Å²) in [5, 5.41) is 0. The van der Waals surface area contributed by atoms with Gasteiger partial charge in [-0.1, -0.05) is 0 Å². The zero-order chi connectivity index (χ0) is 9.35. The van der Waals surface area contributed by atoms with E-state index in [1.807, 2.05) is 22.6 Å². The summed E-state index contributed by atoms with van der Waals surface area (Å²) < 4.78 is 36.7. The predicted octanol–water partition coefficient (Wildman–Crippen LogP) is 3.47. The van der Waals surface area contributed by atoms with Crippen molar-refractivity contribution < 1.29 is 13.2 Å². The first kappa shape index (κ1) is 10.2. The lowest BCUT2D eigenvalue weighted by molar-refractivity contribution is -0.138. The van der Waals surface area contributed by atoms with E-state index in [0.29, 0.717) is 3.70 Å². The molecule has 0 saturated carbocycles. The van der Waals surface area contributed by atoms with Crippen LogP contribution in [0.4, 0.5) is 13.2 Å². The van der Waals surface area contributed by atoms with Gasteiger partial charge < -0.3 is 0 Å². The summed E-state index contributed by atoms with van der Waals surface area (Å²) in [6, 6.07) is 2.31. The molecule has 66 valence electrons. The van der Waals surface area contributed by atoms with E-state index in [9.17, 15) is 13.2 Å². The number of alkyl halides is 3. The van der Waals surface area contributed by atoms with Gasteiger partial charge in [0.15, 0.2) is 0 Å². The van der Waals surface area contributed by atoms with Crippen LogP contribution in [-0.4, -0.2) is 4.98 Å². The second kappa shape index (κ2) is 3.49. The lowest BCUT2D eigenvalue weighted by Gasteiger charge is -2.07. The van der Waals surface area contributed by atoms with Crippen LogP contribution in [-0.2, 0) is 6.18 Å². The van der Waals surface area contributed by atoms with E-state index in [2.05, 4.69) is 20.9 Å². The van der Waals surface area contributed by atoms with Crippen LogP contribution in [0.25, 0.3) is 0 Å². The van der Waals surface area contributed by atoms with Crippen molar-refractivity contribution in [3.8, 4) is 0 Å². The molecule has 0 spiro atoms. The third-order valence-electron chi connectivity index (χ3n) is 1.12. The number of hydrogen-bond donors (Lipinski definition) is 0. The Labute approximate surface area is 88.6 Å². The van der Waals surface area contributed by atoms with Gasteiger partial charge in [0.05, 0.1) is 5.56 Å². The van der Waals surface area contributed by atoms with Crippen LogP contribution in [0.15, 0.2) is 16.7 Å². The molecule has 0 aromatic carbocycles. The second-order valence-corrected chi connectivity index (χ2v) is 3.83. The first-order valence-corrected chi connectivity index (χ1v) is 4.67. The summed E-state index contributed by atoms with van der Waals surface area (Å²) in [6.45, 7) is 0. The Balaban J connectivity index is 3.19. The van der Waals surface area contributed by atoms with E-state index < -0.39 is 11.7 Å². The molecule has 1 aromatic rings. The van der Waals surface area contributed by atoms with Crippen molar-refractivity contribution in [2.45, 2.75) is 6.18 Å². The summed E-state index contributed by atoms with van der Waals surface area (Å²) in [4.78, 5) is 3.62. The molecular weight excluding hydrogens is 350 g/mol. The molecule has 0 aliphatic heterocycles. The van der Waals surface area contributed by atoms with Gasteiger partial charge in [-0.15, -0.1) is 0 Å². The van der Waals surface area contributed by atoms with E-state index in [0.717, 1.165) is 6.07 Å². The molecule has 0 bridgehead atoms. The van der Waals surface area contributed by atoms with Crippen molar-refractivity contribution in [3.05, 3.63) is 26.0 Å². The Kier molecular flexibility index (Phi) is 2.97. The molecule has 12 heavy (non-hydrogen) atoms. The third kappa shape index (κ3) is 2.32. The van der Waals surface area contributed by atoms with E-state index in [-0.39, 0.29) is 4.60 Å². The number of halogens is 5. The van der Waals surface area contributed by atoms with Crippen LogP contribution in [0.1, 0.15) is 5.56 Å². The third-order valence-corrected chi connectivity index (χ3v) is 2.33. The molecule has 1 heterocycles. The topological polar surface area (TPSA) is 12.9 Å². The molecule has 0 aliphatic carbocycles. The minimum atomic E-state index is -4.34. The first-order chi connectivity index (χ1) is 5.41. The number of aromatic nitrogens is 1. The molecule has 0 fully saturated rings.